The molecule has 1 aliphatic heterocycles. The van der Waals surface area contributed by atoms with E-state index in [4.69, 9.17) is 9.47 Å². The van der Waals surface area contributed by atoms with E-state index >= 15 is 0 Å². The van der Waals surface area contributed by atoms with E-state index in [0.717, 1.165) is 41.6 Å². The van der Waals surface area contributed by atoms with Crippen LogP contribution in [0.2, 0.25) is 0 Å². The molecule has 2 aromatic rings. The highest BCUT2D eigenvalue weighted by molar-refractivity contribution is 6.24. The number of aromatic nitrogens is 2. The molecule has 0 radical (unpaired) electrons. The summed E-state index contributed by atoms with van der Waals surface area (Å²) in [6.07, 6.45) is 3.51. The molecule has 1 aliphatic carbocycles. The first kappa shape index (κ1) is 32.6. The molecule has 13 heteroatoms. The van der Waals surface area contributed by atoms with Gasteiger partial charge in [-0.05, 0) is 52.7 Å². The largest absolute Gasteiger partial charge is 0.377 e. The number of ether oxygens (including phenoxy) is 2. The maximum atomic E-state index is 13.0. The molecular weight excluding hydrogens is 547 g/mol. The predicted octanol–water partition coefficient (Wildman–Crippen LogP) is 2.94. The van der Waals surface area contributed by atoms with E-state index < -0.39 is 28.9 Å². The molecule has 3 amide bonds. The molecule has 2 fully saturated rings. The summed E-state index contributed by atoms with van der Waals surface area (Å²) < 4.78 is 10.5. The van der Waals surface area contributed by atoms with Gasteiger partial charge in [-0.2, -0.15) is 0 Å². The van der Waals surface area contributed by atoms with Crippen LogP contribution in [0, 0.1) is 6.92 Å². The van der Waals surface area contributed by atoms with Crippen molar-refractivity contribution < 1.29 is 23.9 Å². The van der Waals surface area contributed by atoms with Gasteiger partial charge in [-0.15, -0.1) is 24.8 Å². The van der Waals surface area contributed by atoms with Crippen molar-refractivity contribution in [2.45, 2.75) is 76.7 Å². The molecule has 4 rings (SSSR count). The summed E-state index contributed by atoms with van der Waals surface area (Å²) in [7, 11) is 2.94. The number of halogens is 2. The molecule has 0 unspecified atom stereocenters. The van der Waals surface area contributed by atoms with Crippen LogP contribution in [0.3, 0.4) is 0 Å². The Morgan fingerprint density at radius 2 is 1.74 bits per heavy atom. The number of benzene rings is 1. The fourth-order valence-corrected chi connectivity index (χ4v) is 4.55. The summed E-state index contributed by atoms with van der Waals surface area (Å²) in [4.78, 5) is 47.2. The second-order valence-corrected chi connectivity index (χ2v) is 10.5. The van der Waals surface area contributed by atoms with Gasteiger partial charge in [0, 0.05) is 38.2 Å². The van der Waals surface area contributed by atoms with Crippen LogP contribution < -0.4 is 16.1 Å². The molecule has 2 aliphatic rings. The topological polar surface area (TPSA) is 135 Å². The second kappa shape index (κ2) is 12.7. The van der Waals surface area contributed by atoms with Crippen LogP contribution in [0.5, 0.6) is 0 Å². The van der Waals surface area contributed by atoms with Gasteiger partial charge in [-0.3, -0.25) is 14.4 Å². The van der Waals surface area contributed by atoms with E-state index in [0.29, 0.717) is 17.9 Å². The van der Waals surface area contributed by atoms with E-state index in [2.05, 4.69) is 26.0 Å². The number of rotatable bonds is 9. The Hall–Kier alpha value is -2.57. The number of hydrogen-bond donors (Lipinski definition) is 3. The summed E-state index contributed by atoms with van der Waals surface area (Å²) in [5.74, 6) is -0.637. The van der Waals surface area contributed by atoms with Gasteiger partial charge in [0.15, 0.2) is 0 Å². The van der Waals surface area contributed by atoms with Gasteiger partial charge in [0.1, 0.15) is 5.82 Å². The zero-order chi connectivity index (χ0) is 27.0. The molecule has 39 heavy (non-hydrogen) atoms. The standard InChI is InChI=1S/C26H36N6O5.2ClH/c1-15-11-12-17-16(13-15)20(30-21(28-17)22(33)27-14-25(2,3)36-5)29-18-9-7-8-10-19(18)31-32-23(34)26(4,37-6)24(32)35;;/h11-13,18-19,31H,7-10,14H2,1-6H3,(H,27,33)(H,28,29,30);2*1H/t18-,19+;;/m0../s1. The summed E-state index contributed by atoms with van der Waals surface area (Å²) >= 11 is 0. The Bertz CT molecular complexity index is 1210. The van der Waals surface area contributed by atoms with Gasteiger partial charge in [0.25, 0.3) is 17.7 Å². The lowest BCUT2D eigenvalue weighted by Gasteiger charge is -2.45. The number of hydrogen-bond acceptors (Lipinski definition) is 9. The van der Waals surface area contributed by atoms with Crippen LogP contribution in [0.4, 0.5) is 5.82 Å². The van der Waals surface area contributed by atoms with Crippen molar-refractivity contribution in [3.63, 3.8) is 0 Å². The normalized spacial score (nSPS) is 20.5. The molecule has 1 saturated heterocycles. The summed E-state index contributed by atoms with van der Waals surface area (Å²) in [5.41, 5.74) is 2.82. The highest BCUT2D eigenvalue weighted by Gasteiger charge is 2.59. The van der Waals surface area contributed by atoms with Crippen LogP contribution in [0.15, 0.2) is 18.2 Å². The average molecular weight is 586 g/mol. The quantitative estimate of drug-likeness (QED) is 0.300. The van der Waals surface area contributed by atoms with Crippen LogP contribution in [-0.2, 0) is 19.1 Å². The molecule has 0 bridgehead atoms. The Labute approximate surface area is 241 Å². The zero-order valence-electron chi connectivity index (χ0n) is 23.1. The average Bonchev–Trinajstić information content (AvgIpc) is 2.90. The Kier molecular flexibility index (Phi) is 10.7. The first-order valence-electron chi connectivity index (χ1n) is 12.6. The number of carbonyl (C=O) groups excluding carboxylic acids is 3. The molecule has 0 spiro atoms. The minimum absolute atomic E-state index is 0. The zero-order valence-corrected chi connectivity index (χ0v) is 24.8. The van der Waals surface area contributed by atoms with Crippen molar-refractivity contribution in [3.05, 3.63) is 29.6 Å². The summed E-state index contributed by atoms with van der Waals surface area (Å²) in [5, 5.41) is 8.19. The van der Waals surface area contributed by atoms with Gasteiger partial charge >= 0.3 is 0 Å². The molecule has 1 saturated carbocycles. The lowest BCUT2D eigenvalue weighted by molar-refractivity contribution is -0.196. The molecule has 216 valence electrons. The van der Waals surface area contributed by atoms with Crippen molar-refractivity contribution in [1.29, 1.82) is 0 Å². The summed E-state index contributed by atoms with van der Waals surface area (Å²) in [6, 6.07) is 5.45. The van der Waals surface area contributed by atoms with Crippen LogP contribution >= 0.6 is 24.8 Å². The number of amides is 3. The third-order valence-electron chi connectivity index (χ3n) is 7.30. The SMILES string of the molecule is COC(C)(C)CNC(=O)c1nc(N[C@H]2CCCC[C@H]2NN2C(=O)C(C)(OC)C2=O)c2cc(C)ccc2n1.Cl.Cl. The lowest BCUT2D eigenvalue weighted by atomic mass is 9.89. The number of anilines is 1. The highest BCUT2D eigenvalue weighted by atomic mass is 35.5. The number of β-lactam (4-membered cyclic amide) rings is 2. The predicted molar refractivity (Wildman–Crippen MR) is 152 cm³/mol. The Morgan fingerprint density at radius 3 is 2.36 bits per heavy atom. The molecule has 2 heterocycles. The number of hydrazine groups is 1. The molecule has 3 N–H and O–H groups in total. The van der Waals surface area contributed by atoms with Gasteiger partial charge in [-0.25, -0.2) is 20.4 Å². The second-order valence-electron chi connectivity index (χ2n) is 10.5. The van der Waals surface area contributed by atoms with Crippen molar-refractivity contribution in [3.8, 4) is 0 Å². The Balaban J connectivity index is 0.00000267. The molecule has 1 aromatic carbocycles. The number of aryl methyl sites for hydroxylation is 1. The van der Waals surface area contributed by atoms with Crippen molar-refractivity contribution in [1.82, 2.24) is 25.7 Å². The van der Waals surface area contributed by atoms with Crippen molar-refractivity contribution in [2.75, 3.05) is 26.1 Å². The van der Waals surface area contributed by atoms with E-state index in [1.807, 2.05) is 39.0 Å². The number of carbonyl (C=O) groups is 3. The minimum Gasteiger partial charge on any atom is -0.377 e. The van der Waals surface area contributed by atoms with Gasteiger partial charge in [0.05, 0.1) is 11.1 Å². The number of nitrogens with one attached hydrogen (secondary N) is 3. The van der Waals surface area contributed by atoms with Gasteiger partial charge in [-0.1, -0.05) is 24.5 Å². The Morgan fingerprint density at radius 1 is 1.10 bits per heavy atom. The van der Waals surface area contributed by atoms with Crippen molar-refractivity contribution in [2.24, 2.45) is 0 Å². The smallest absolute Gasteiger partial charge is 0.289 e. The third-order valence-corrected chi connectivity index (χ3v) is 7.30. The first-order valence-corrected chi connectivity index (χ1v) is 12.6. The van der Waals surface area contributed by atoms with Crippen LogP contribution in [0.1, 0.15) is 62.6 Å². The minimum atomic E-state index is -1.44. The molecule has 2 atom stereocenters. The van der Waals surface area contributed by atoms with Crippen molar-refractivity contribution >= 4 is 59.3 Å². The van der Waals surface area contributed by atoms with Crippen LogP contribution in [-0.4, -0.2) is 76.7 Å². The molecule has 1 aromatic heterocycles. The number of nitrogens with zero attached hydrogens (tertiary/aromatic N) is 3. The van der Waals surface area contributed by atoms with E-state index in [9.17, 15) is 14.4 Å². The van der Waals surface area contributed by atoms with E-state index in [1.54, 1.807) is 7.11 Å². The summed E-state index contributed by atoms with van der Waals surface area (Å²) in [6.45, 7) is 7.51. The monoisotopic (exact) mass is 584 g/mol. The number of imide groups is 1. The lowest BCUT2D eigenvalue weighted by Crippen LogP contribution is -2.76. The van der Waals surface area contributed by atoms with Crippen LogP contribution in [0.25, 0.3) is 10.9 Å². The van der Waals surface area contributed by atoms with E-state index in [1.165, 1.54) is 14.0 Å². The van der Waals surface area contributed by atoms with Gasteiger partial charge < -0.3 is 20.1 Å². The highest BCUT2D eigenvalue weighted by Crippen LogP contribution is 2.30. The fourth-order valence-electron chi connectivity index (χ4n) is 4.55. The van der Waals surface area contributed by atoms with E-state index in [-0.39, 0.29) is 42.7 Å². The number of fused-ring (bicyclic) bond motifs is 1. The number of methoxy groups -OCH3 is 2. The molecule has 11 nitrogen and oxygen atoms in total. The van der Waals surface area contributed by atoms with Gasteiger partial charge in [0.2, 0.25) is 11.4 Å². The maximum absolute atomic E-state index is 13.0. The maximum Gasteiger partial charge on any atom is 0.289 e. The first-order chi connectivity index (χ1) is 17.5. The molecular formula is C26H38Cl2N6O5. The third kappa shape index (κ3) is 6.60. The fraction of sp³-hybridized carbons (Fsp3) is 0.577.